The average molecular weight is 279 g/mol. The molecule has 7 heteroatoms. The summed E-state index contributed by atoms with van der Waals surface area (Å²) in [5, 5.41) is 4.43. The van der Waals surface area contributed by atoms with Crippen molar-refractivity contribution >= 4 is 23.6 Å². The Morgan fingerprint density at radius 2 is 1.90 bits per heavy atom. The Hall–Kier alpha value is -2.57. The maximum Gasteiger partial charge on any atom is 0.339 e. The molecule has 3 amide bonds. The zero-order chi connectivity index (χ0) is 15.1. The number of urea groups is 1. The lowest BCUT2D eigenvalue weighted by Crippen LogP contribution is -2.42. The summed E-state index contributed by atoms with van der Waals surface area (Å²) in [6, 6.07) is 6.17. The number of nitrogens with zero attached hydrogens (tertiary/aromatic N) is 1. The summed E-state index contributed by atoms with van der Waals surface area (Å²) in [4.78, 5) is 35.8. The van der Waals surface area contributed by atoms with Gasteiger partial charge in [-0.05, 0) is 12.1 Å². The van der Waals surface area contributed by atoms with Crippen LogP contribution >= 0.6 is 0 Å². The van der Waals surface area contributed by atoms with Gasteiger partial charge in [-0.15, -0.1) is 0 Å². The largest absolute Gasteiger partial charge is 0.465 e. The molecular formula is C13H17N3O4. The van der Waals surface area contributed by atoms with Crippen LogP contribution in [-0.4, -0.2) is 45.7 Å². The van der Waals surface area contributed by atoms with E-state index in [4.69, 9.17) is 0 Å². The summed E-state index contributed by atoms with van der Waals surface area (Å²) in [5.74, 6) is -0.967. The lowest BCUT2D eigenvalue weighted by atomic mass is 10.1. The number of methoxy groups -OCH3 is 1. The fourth-order valence-corrected chi connectivity index (χ4v) is 1.62. The SMILES string of the molecule is CNC(=O)NC(=O)CN(C)c1ccccc1C(=O)OC. The van der Waals surface area contributed by atoms with Crippen LogP contribution in [0.1, 0.15) is 10.4 Å². The minimum Gasteiger partial charge on any atom is -0.465 e. The molecule has 0 aromatic heterocycles. The quantitative estimate of drug-likeness (QED) is 0.777. The first-order valence-corrected chi connectivity index (χ1v) is 5.89. The molecule has 2 N–H and O–H groups in total. The molecule has 0 fully saturated rings. The second kappa shape index (κ2) is 7.13. The third-order valence-corrected chi connectivity index (χ3v) is 2.58. The maximum absolute atomic E-state index is 11.6. The number of rotatable bonds is 4. The van der Waals surface area contributed by atoms with E-state index in [1.807, 2.05) is 0 Å². The van der Waals surface area contributed by atoms with Crippen molar-refractivity contribution < 1.29 is 19.1 Å². The van der Waals surface area contributed by atoms with E-state index in [0.717, 1.165) is 0 Å². The number of ether oxygens (including phenoxy) is 1. The minimum absolute atomic E-state index is 0.0680. The molecule has 0 aliphatic rings. The van der Waals surface area contributed by atoms with Gasteiger partial charge in [0.2, 0.25) is 5.91 Å². The molecule has 0 spiro atoms. The summed E-state index contributed by atoms with van der Waals surface area (Å²) < 4.78 is 4.68. The number of carbonyl (C=O) groups excluding carboxylic acids is 3. The third kappa shape index (κ3) is 3.98. The van der Waals surface area contributed by atoms with Crippen LogP contribution < -0.4 is 15.5 Å². The zero-order valence-electron chi connectivity index (χ0n) is 11.6. The highest BCUT2D eigenvalue weighted by atomic mass is 16.5. The number of imide groups is 1. The van der Waals surface area contributed by atoms with Crippen LogP contribution in [0.3, 0.4) is 0 Å². The van der Waals surface area contributed by atoms with E-state index < -0.39 is 17.9 Å². The number of para-hydroxylation sites is 1. The number of esters is 1. The predicted octanol–water partition coefficient (Wildman–Crippen LogP) is 0.365. The summed E-state index contributed by atoms with van der Waals surface area (Å²) >= 11 is 0. The van der Waals surface area contributed by atoms with Crippen LogP contribution in [-0.2, 0) is 9.53 Å². The summed E-state index contributed by atoms with van der Waals surface area (Å²) in [6.45, 7) is -0.0680. The molecule has 1 rings (SSSR count). The Balaban J connectivity index is 2.82. The van der Waals surface area contributed by atoms with Crippen molar-refractivity contribution in [1.29, 1.82) is 0 Å². The van der Waals surface area contributed by atoms with Gasteiger partial charge in [0.25, 0.3) is 0 Å². The molecule has 0 saturated carbocycles. The van der Waals surface area contributed by atoms with E-state index in [1.165, 1.54) is 14.2 Å². The second-order valence-electron chi connectivity index (χ2n) is 3.99. The number of likely N-dealkylation sites (N-methyl/N-ethyl adjacent to an activating group) is 1. The van der Waals surface area contributed by atoms with E-state index in [9.17, 15) is 14.4 Å². The van der Waals surface area contributed by atoms with E-state index >= 15 is 0 Å². The number of hydrogen-bond donors (Lipinski definition) is 2. The van der Waals surface area contributed by atoms with Gasteiger partial charge in [0.05, 0.1) is 24.9 Å². The van der Waals surface area contributed by atoms with Crippen molar-refractivity contribution in [2.24, 2.45) is 0 Å². The number of benzene rings is 1. The highest BCUT2D eigenvalue weighted by molar-refractivity contribution is 5.99. The minimum atomic E-state index is -0.579. The van der Waals surface area contributed by atoms with Crippen LogP contribution in [0.25, 0.3) is 0 Å². The lowest BCUT2D eigenvalue weighted by molar-refractivity contribution is -0.118. The summed E-state index contributed by atoms with van der Waals surface area (Å²) in [7, 11) is 4.35. The van der Waals surface area contributed by atoms with Crippen molar-refractivity contribution in [3.63, 3.8) is 0 Å². The van der Waals surface area contributed by atoms with Gasteiger partial charge in [0.1, 0.15) is 0 Å². The highest BCUT2D eigenvalue weighted by Gasteiger charge is 2.16. The smallest absolute Gasteiger partial charge is 0.339 e. The molecule has 0 unspecified atom stereocenters. The normalized spacial score (nSPS) is 9.55. The van der Waals surface area contributed by atoms with Crippen molar-refractivity contribution in [2.75, 3.05) is 32.6 Å². The number of nitrogens with one attached hydrogen (secondary N) is 2. The maximum atomic E-state index is 11.6. The Kier molecular flexibility index (Phi) is 5.52. The van der Waals surface area contributed by atoms with Gasteiger partial charge < -0.3 is 15.0 Å². The Labute approximate surface area is 116 Å². The second-order valence-corrected chi connectivity index (χ2v) is 3.99. The predicted molar refractivity (Wildman–Crippen MR) is 73.6 cm³/mol. The number of amides is 3. The number of carbonyl (C=O) groups is 3. The van der Waals surface area contributed by atoms with Crippen LogP contribution in [0.2, 0.25) is 0 Å². The molecule has 0 atom stereocenters. The first-order valence-electron chi connectivity index (χ1n) is 5.89. The van der Waals surface area contributed by atoms with E-state index in [1.54, 1.807) is 36.2 Å². The Bertz CT molecular complexity index is 516. The van der Waals surface area contributed by atoms with Gasteiger partial charge in [-0.25, -0.2) is 9.59 Å². The lowest BCUT2D eigenvalue weighted by Gasteiger charge is -2.20. The van der Waals surface area contributed by atoms with Crippen molar-refractivity contribution in [3.05, 3.63) is 29.8 Å². The molecule has 0 heterocycles. The molecule has 0 radical (unpaired) electrons. The molecule has 0 bridgehead atoms. The molecule has 1 aromatic carbocycles. The van der Waals surface area contributed by atoms with E-state index in [-0.39, 0.29) is 6.54 Å². The van der Waals surface area contributed by atoms with Gasteiger partial charge in [-0.3, -0.25) is 10.1 Å². The molecule has 1 aromatic rings. The fraction of sp³-hybridized carbons (Fsp3) is 0.308. The topological polar surface area (TPSA) is 87.7 Å². The molecule has 0 aliphatic carbocycles. The van der Waals surface area contributed by atoms with Gasteiger partial charge >= 0.3 is 12.0 Å². The molecule has 20 heavy (non-hydrogen) atoms. The van der Waals surface area contributed by atoms with Crippen molar-refractivity contribution in [1.82, 2.24) is 10.6 Å². The fourth-order valence-electron chi connectivity index (χ4n) is 1.62. The Morgan fingerprint density at radius 3 is 2.50 bits per heavy atom. The molecular weight excluding hydrogens is 262 g/mol. The molecule has 108 valence electrons. The first-order chi connectivity index (χ1) is 9.49. The van der Waals surface area contributed by atoms with Crippen LogP contribution in [0.5, 0.6) is 0 Å². The van der Waals surface area contributed by atoms with Gasteiger partial charge in [-0.1, -0.05) is 12.1 Å². The van der Waals surface area contributed by atoms with Crippen LogP contribution in [0.15, 0.2) is 24.3 Å². The van der Waals surface area contributed by atoms with E-state index in [0.29, 0.717) is 11.3 Å². The monoisotopic (exact) mass is 279 g/mol. The zero-order valence-corrected chi connectivity index (χ0v) is 11.6. The number of hydrogen-bond acceptors (Lipinski definition) is 5. The standard InChI is InChI=1S/C13H17N3O4/c1-14-13(19)15-11(17)8-16(2)10-7-5-4-6-9(10)12(18)20-3/h4-7H,8H2,1-3H3,(H2,14,15,17,19). The van der Waals surface area contributed by atoms with Gasteiger partial charge in [0, 0.05) is 14.1 Å². The molecule has 0 saturated heterocycles. The van der Waals surface area contributed by atoms with Crippen molar-refractivity contribution in [2.45, 2.75) is 0 Å². The number of anilines is 1. The summed E-state index contributed by atoms with van der Waals surface area (Å²) in [6.07, 6.45) is 0. The van der Waals surface area contributed by atoms with Gasteiger partial charge in [0.15, 0.2) is 0 Å². The van der Waals surface area contributed by atoms with Crippen LogP contribution in [0, 0.1) is 0 Å². The third-order valence-electron chi connectivity index (χ3n) is 2.58. The van der Waals surface area contributed by atoms with Crippen LogP contribution in [0.4, 0.5) is 10.5 Å². The molecule has 0 aliphatic heterocycles. The van der Waals surface area contributed by atoms with Gasteiger partial charge in [-0.2, -0.15) is 0 Å². The summed E-state index contributed by atoms with van der Waals surface area (Å²) in [5.41, 5.74) is 0.900. The van der Waals surface area contributed by atoms with Crippen molar-refractivity contribution in [3.8, 4) is 0 Å². The first kappa shape index (κ1) is 15.5. The molecule has 7 nitrogen and oxygen atoms in total. The highest BCUT2D eigenvalue weighted by Crippen LogP contribution is 2.19. The Morgan fingerprint density at radius 1 is 1.25 bits per heavy atom. The van der Waals surface area contributed by atoms with E-state index in [2.05, 4.69) is 15.4 Å². The average Bonchev–Trinajstić information content (AvgIpc) is 2.45.